The predicted octanol–water partition coefficient (Wildman–Crippen LogP) is 6.90. The summed E-state index contributed by atoms with van der Waals surface area (Å²) in [7, 11) is 1.49. The topological polar surface area (TPSA) is 128 Å². The number of aliphatic hydroxyl groups excluding tert-OH is 1. The van der Waals surface area contributed by atoms with Gasteiger partial charge >= 0.3 is 5.97 Å². The van der Waals surface area contributed by atoms with Gasteiger partial charge in [0, 0.05) is 5.39 Å². The maximum Gasteiger partial charge on any atom is 0.350 e. The highest BCUT2D eigenvalue weighted by atomic mass is 32.1. The molecule has 0 aliphatic carbocycles. The molecule has 1 amide bonds. The van der Waals surface area contributed by atoms with E-state index >= 15 is 0 Å². The van der Waals surface area contributed by atoms with Gasteiger partial charge in [0.1, 0.15) is 17.1 Å². The van der Waals surface area contributed by atoms with Gasteiger partial charge in [0.25, 0.3) is 5.91 Å². The van der Waals surface area contributed by atoms with Gasteiger partial charge in [-0.15, -0.1) is 0 Å². The van der Waals surface area contributed by atoms with E-state index in [1.807, 2.05) is 6.07 Å². The number of ketones is 1. The normalized spacial score (nSPS) is 14.8. The van der Waals surface area contributed by atoms with Crippen LogP contribution in [0.1, 0.15) is 63.7 Å². The minimum absolute atomic E-state index is 0.00191. The smallest absolute Gasteiger partial charge is 0.350 e. The molecule has 44 heavy (non-hydrogen) atoms. The van der Waals surface area contributed by atoms with Crippen molar-refractivity contribution in [3.8, 4) is 11.5 Å². The van der Waals surface area contributed by atoms with E-state index in [1.165, 1.54) is 18.1 Å². The molecule has 0 spiro atoms. The van der Waals surface area contributed by atoms with Gasteiger partial charge in [0.05, 0.1) is 31.0 Å². The van der Waals surface area contributed by atoms with Crippen LogP contribution in [0, 0.1) is 6.92 Å². The zero-order valence-electron chi connectivity index (χ0n) is 24.6. The number of thiazole rings is 1. The Morgan fingerprint density at radius 2 is 1.95 bits per heavy atom. The van der Waals surface area contributed by atoms with Crippen LogP contribution < -0.4 is 14.4 Å². The molecule has 0 saturated carbocycles. The number of esters is 1. The van der Waals surface area contributed by atoms with E-state index in [0.29, 0.717) is 40.3 Å². The fraction of sp³-hybridized carbons (Fsp3) is 0.273. The number of hydrogen-bond donors (Lipinski definition) is 1. The van der Waals surface area contributed by atoms with Crippen molar-refractivity contribution >= 4 is 45.1 Å². The van der Waals surface area contributed by atoms with E-state index in [1.54, 1.807) is 49.4 Å². The highest BCUT2D eigenvalue weighted by Crippen LogP contribution is 2.45. The lowest BCUT2D eigenvalue weighted by Crippen LogP contribution is -2.31. The number of methoxy groups -OCH3 is 1. The van der Waals surface area contributed by atoms with Crippen LogP contribution in [0.15, 0.2) is 76.9 Å². The average molecular weight is 617 g/mol. The van der Waals surface area contributed by atoms with E-state index < -0.39 is 29.5 Å². The third-order valence-corrected chi connectivity index (χ3v) is 8.26. The summed E-state index contributed by atoms with van der Waals surface area (Å²) in [6, 6.07) is 12.6. The molecule has 10 nitrogen and oxygen atoms in total. The van der Waals surface area contributed by atoms with Crippen molar-refractivity contribution in [3.63, 3.8) is 0 Å². The fourth-order valence-corrected chi connectivity index (χ4v) is 5.95. The van der Waals surface area contributed by atoms with E-state index in [9.17, 15) is 19.5 Å². The quantitative estimate of drug-likeness (QED) is 0.0738. The van der Waals surface area contributed by atoms with E-state index in [4.69, 9.17) is 18.6 Å². The molecule has 11 heteroatoms. The molecule has 0 radical (unpaired) electrons. The second kappa shape index (κ2) is 13.2. The van der Waals surface area contributed by atoms with Gasteiger partial charge in [-0.25, -0.2) is 9.78 Å². The van der Waals surface area contributed by atoms with Gasteiger partial charge in [0.2, 0.25) is 5.78 Å². The number of carbonyl (C=O) groups is 3. The molecule has 228 valence electrons. The molecule has 3 heterocycles. The van der Waals surface area contributed by atoms with Crippen LogP contribution in [0.2, 0.25) is 0 Å². The van der Waals surface area contributed by atoms with Crippen molar-refractivity contribution in [1.29, 1.82) is 0 Å². The van der Waals surface area contributed by atoms with Gasteiger partial charge in [-0.3, -0.25) is 14.5 Å². The number of aliphatic hydroxyl groups is 1. The van der Waals surface area contributed by atoms with Gasteiger partial charge < -0.3 is 23.7 Å². The Kier molecular flexibility index (Phi) is 9.15. The molecular weight excluding hydrogens is 584 g/mol. The summed E-state index contributed by atoms with van der Waals surface area (Å²) in [5, 5.41) is 12.0. The number of nitrogens with zero attached hydrogens (tertiary/aromatic N) is 2. The Morgan fingerprint density at radius 1 is 1.16 bits per heavy atom. The summed E-state index contributed by atoms with van der Waals surface area (Å²) >= 11 is 0.918. The number of Topliss-reactive ketones (excluding diaryl/α,β-unsaturated/α-hetero) is 1. The van der Waals surface area contributed by atoms with E-state index in [2.05, 4.69) is 18.5 Å². The summed E-state index contributed by atoms with van der Waals surface area (Å²) in [5.74, 6) is -2.06. The summed E-state index contributed by atoms with van der Waals surface area (Å²) < 4.78 is 22.6. The van der Waals surface area contributed by atoms with Crippen LogP contribution in [0.5, 0.6) is 11.5 Å². The van der Waals surface area contributed by atoms with Crippen LogP contribution >= 0.6 is 11.3 Å². The Hall–Kier alpha value is -4.90. The fourth-order valence-electron chi connectivity index (χ4n) is 4.96. The first-order valence-corrected chi connectivity index (χ1v) is 15.0. The van der Waals surface area contributed by atoms with Crippen molar-refractivity contribution in [1.82, 2.24) is 4.98 Å². The van der Waals surface area contributed by atoms with Crippen LogP contribution in [-0.4, -0.2) is 48.1 Å². The SMILES string of the molecule is C=CCOC(=O)c1sc(N2C(=O)C(O)=C(C(=O)c3cc4ccccc4o3)C2c2ccc(OCCCCC)c(OC)c2)nc1C. The standard InChI is InChI=1S/C33H32N2O8S/c1-5-7-10-16-41-23-14-13-21(18-24(23)40-4)27-26(28(36)25-17-20-11-8-9-12-22(20)43-25)29(37)31(38)35(27)33-34-19(3)30(44-33)32(39)42-15-6-2/h6,8-9,11-14,17-18,27,37H,2,5,7,10,15-16H2,1,3-4H3. The van der Waals surface area contributed by atoms with Gasteiger partial charge in [-0.1, -0.05) is 68.0 Å². The van der Waals surface area contributed by atoms with Crippen molar-refractivity contribution in [2.45, 2.75) is 39.2 Å². The second-order valence-corrected chi connectivity index (χ2v) is 11.1. The number of ether oxygens (including phenoxy) is 3. The Balaban J connectivity index is 1.60. The number of para-hydroxylation sites is 1. The Labute approximate surface area is 258 Å². The summed E-state index contributed by atoms with van der Waals surface area (Å²) in [4.78, 5) is 46.2. The number of amides is 1. The van der Waals surface area contributed by atoms with E-state index in [0.717, 1.165) is 30.6 Å². The molecule has 1 aliphatic rings. The number of fused-ring (bicyclic) bond motifs is 1. The van der Waals surface area contributed by atoms with Crippen molar-refractivity contribution in [3.05, 3.63) is 94.4 Å². The predicted molar refractivity (Wildman–Crippen MR) is 166 cm³/mol. The zero-order chi connectivity index (χ0) is 31.4. The molecule has 4 aromatic rings. The second-order valence-electron chi connectivity index (χ2n) is 10.1. The lowest BCUT2D eigenvalue weighted by molar-refractivity contribution is -0.117. The maximum atomic E-state index is 14.0. The number of unbranched alkanes of at least 4 members (excludes halogenated alkanes) is 2. The van der Waals surface area contributed by atoms with Crippen LogP contribution in [-0.2, 0) is 9.53 Å². The van der Waals surface area contributed by atoms with Gasteiger partial charge in [0.15, 0.2) is 28.1 Å². The zero-order valence-corrected chi connectivity index (χ0v) is 25.4. The molecule has 2 aromatic heterocycles. The van der Waals surface area contributed by atoms with Crippen LogP contribution in [0.3, 0.4) is 0 Å². The van der Waals surface area contributed by atoms with Crippen molar-refractivity contribution < 1.29 is 38.1 Å². The van der Waals surface area contributed by atoms with Crippen LogP contribution in [0.4, 0.5) is 5.13 Å². The molecule has 1 atom stereocenters. The van der Waals surface area contributed by atoms with Crippen LogP contribution in [0.25, 0.3) is 11.0 Å². The first-order valence-electron chi connectivity index (χ1n) is 14.1. The number of aryl methyl sites for hydroxylation is 1. The number of rotatable bonds is 13. The molecule has 2 aromatic carbocycles. The minimum Gasteiger partial charge on any atom is -0.503 e. The molecule has 5 rings (SSSR count). The minimum atomic E-state index is -1.13. The summed E-state index contributed by atoms with van der Waals surface area (Å²) in [6.07, 6.45) is 4.39. The molecule has 1 unspecified atom stereocenters. The van der Waals surface area contributed by atoms with E-state index in [-0.39, 0.29) is 27.9 Å². The largest absolute Gasteiger partial charge is 0.503 e. The summed E-state index contributed by atoms with van der Waals surface area (Å²) in [5.41, 5.74) is 1.06. The van der Waals surface area contributed by atoms with Gasteiger partial charge in [-0.05, 0) is 43.2 Å². The monoisotopic (exact) mass is 616 g/mol. The lowest BCUT2D eigenvalue weighted by Gasteiger charge is -2.25. The first kappa shape index (κ1) is 30.6. The molecule has 0 saturated heterocycles. The van der Waals surface area contributed by atoms with Crippen molar-refractivity contribution in [2.24, 2.45) is 0 Å². The molecule has 1 aliphatic heterocycles. The third kappa shape index (κ3) is 5.83. The highest BCUT2D eigenvalue weighted by Gasteiger charge is 2.47. The average Bonchev–Trinajstić information content (AvgIpc) is 3.71. The molecule has 1 N–H and O–H groups in total. The maximum absolute atomic E-state index is 14.0. The number of aromatic nitrogens is 1. The number of anilines is 1. The Bertz CT molecular complexity index is 1740. The molecule has 0 fully saturated rings. The number of hydrogen-bond acceptors (Lipinski definition) is 10. The van der Waals surface area contributed by atoms with Gasteiger partial charge in [-0.2, -0.15) is 0 Å². The highest BCUT2D eigenvalue weighted by molar-refractivity contribution is 7.17. The Morgan fingerprint density at radius 3 is 2.68 bits per heavy atom. The molecular formula is C33H32N2O8S. The number of carbonyl (C=O) groups excluding carboxylic acids is 3. The lowest BCUT2D eigenvalue weighted by atomic mass is 9.95. The summed E-state index contributed by atoms with van der Waals surface area (Å²) in [6.45, 7) is 7.77. The van der Waals surface area contributed by atoms with Crippen molar-refractivity contribution in [2.75, 3.05) is 25.2 Å². The molecule has 0 bridgehead atoms. The number of furan rings is 1. The first-order chi connectivity index (χ1) is 21.3. The third-order valence-electron chi connectivity index (χ3n) is 7.12. The number of benzene rings is 2.